The number of hydrogen-bond acceptors (Lipinski definition) is 3. The lowest BCUT2D eigenvalue weighted by atomic mass is 10.1. The minimum Gasteiger partial charge on any atom is -0.399 e. The van der Waals surface area contributed by atoms with E-state index in [4.69, 9.17) is 5.73 Å². The Kier molecular flexibility index (Phi) is 3.98. The SMILES string of the molecule is Nc1ccc(CCNc2ncccc2Br)cc1. The van der Waals surface area contributed by atoms with Gasteiger partial charge in [0.1, 0.15) is 5.82 Å². The van der Waals surface area contributed by atoms with Crippen molar-refractivity contribution in [1.82, 2.24) is 4.98 Å². The summed E-state index contributed by atoms with van der Waals surface area (Å²) in [6.07, 6.45) is 2.72. The van der Waals surface area contributed by atoms with Gasteiger partial charge in [-0.05, 0) is 52.2 Å². The molecule has 0 aliphatic carbocycles. The first kappa shape index (κ1) is 11.9. The fourth-order valence-electron chi connectivity index (χ4n) is 1.53. The molecule has 17 heavy (non-hydrogen) atoms. The van der Waals surface area contributed by atoms with Crippen LogP contribution in [-0.4, -0.2) is 11.5 Å². The van der Waals surface area contributed by atoms with Gasteiger partial charge in [-0.2, -0.15) is 0 Å². The normalized spacial score (nSPS) is 10.2. The van der Waals surface area contributed by atoms with Crippen LogP contribution in [0.1, 0.15) is 5.56 Å². The summed E-state index contributed by atoms with van der Waals surface area (Å²) >= 11 is 3.45. The Balaban J connectivity index is 1.88. The molecule has 2 aromatic rings. The summed E-state index contributed by atoms with van der Waals surface area (Å²) in [7, 11) is 0. The van der Waals surface area contributed by atoms with Gasteiger partial charge >= 0.3 is 0 Å². The smallest absolute Gasteiger partial charge is 0.140 e. The zero-order chi connectivity index (χ0) is 12.1. The standard InChI is InChI=1S/C13H14BrN3/c14-12-2-1-8-16-13(12)17-9-7-10-3-5-11(15)6-4-10/h1-6,8H,7,9,15H2,(H,16,17). The van der Waals surface area contributed by atoms with Crippen molar-refractivity contribution in [3.8, 4) is 0 Å². The van der Waals surface area contributed by atoms with E-state index in [1.165, 1.54) is 5.56 Å². The van der Waals surface area contributed by atoms with Crippen molar-refractivity contribution >= 4 is 27.4 Å². The predicted octanol–water partition coefficient (Wildman–Crippen LogP) is 3.08. The number of aromatic nitrogens is 1. The van der Waals surface area contributed by atoms with E-state index in [9.17, 15) is 0 Å². The number of nitrogens with one attached hydrogen (secondary N) is 1. The molecule has 0 saturated heterocycles. The van der Waals surface area contributed by atoms with E-state index in [-0.39, 0.29) is 0 Å². The van der Waals surface area contributed by atoms with Crippen molar-refractivity contribution in [2.45, 2.75) is 6.42 Å². The van der Waals surface area contributed by atoms with Crippen LogP contribution in [0.5, 0.6) is 0 Å². The van der Waals surface area contributed by atoms with Crippen LogP contribution >= 0.6 is 15.9 Å². The molecule has 88 valence electrons. The molecule has 0 spiro atoms. The van der Waals surface area contributed by atoms with Crippen LogP contribution in [-0.2, 0) is 6.42 Å². The molecule has 1 aromatic carbocycles. The molecule has 0 aliphatic rings. The number of nitrogens with two attached hydrogens (primary N) is 1. The highest BCUT2D eigenvalue weighted by molar-refractivity contribution is 9.10. The summed E-state index contributed by atoms with van der Waals surface area (Å²) in [5.41, 5.74) is 7.70. The molecule has 3 N–H and O–H groups in total. The highest BCUT2D eigenvalue weighted by Gasteiger charge is 1.99. The number of rotatable bonds is 4. The molecule has 2 rings (SSSR count). The van der Waals surface area contributed by atoms with Crippen LogP contribution in [0.25, 0.3) is 0 Å². The van der Waals surface area contributed by atoms with Crippen LogP contribution in [0.2, 0.25) is 0 Å². The second-order valence-corrected chi connectivity index (χ2v) is 4.61. The largest absolute Gasteiger partial charge is 0.399 e. The van der Waals surface area contributed by atoms with E-state index in [0.29, 0.717) is 0 Å². The first-order valence-electron chi connectivity index (χ1n) is 5.44. The fourth-order valence-corrected chi connectivity index (χ4v) is 1.92. The van der Waals surface area contributed by atoms with Gasteiger partial charge in [-0.25, -0.2) is 4.98 Å². The fraction of sp³-hybridized carbons (Fsp3) is 0.154. The highest BCUT2D eigenvalue weighted by Crippen LogP contribution is 2.18. The van der Waals surface area contributed by atoms with E-state index in [1.807, 2.05) is 36.4 Å². The maximum absolute atomic E-state index is 5.63. The molecule has 0 amide bonds. The third-order valence-electron chi connectivity index (χ3n) is 2.44. The van der Waals surface area contributed by atoms with Crippen LogP contribution in [0.3, 0.4) is 0 Å². The number of nitrogen functional groups attached to an aromatic ring is 1. The Morgan fingerprint density at radius 1 is 1.18 bits per heavy atom. The first-order valence-corrected chi connectivity index (χ1v) is 6.24. The van der Waals surface area contributed by atoms with Crippen LogP contribution in [0.4, 0.5) is 11.5 Å². The molecule has 0 saturated carbocycles. The average Bonchev–Trinajstić information content (AvgIpc) is 2.34. The molecule has 0 radical (unpaired) electrons. The molecule has 0 aliphatic heterocycles. The molecule has 1 heterocycles. The van der Waals surface area contributed by atoms with Gasteiger partial charge < -0.3 is 11.1 Å². The maximum Gasteiger partial charge on any atom is 0.140 e. The zero-order valence-corrected chi connectivity index (χ0v) is 10.9. The minimum absolute atomic E-state index is 0.800. The lowest BCUT2D eigenvalue weighted by molar-refractivity contribution is 1.00. The first-order chi connectivity index (χ1) is 8.25. The maximum atomic E-state index is 5.63. The van der Waals surface area contributed by atoms with Crippen molar-refractivity contribution in [1.29, 1.82) is 0 Å². The van der Waals surface area contributed by atoms with E-state index >= 15 is 0 Å². The molecule has 0 atom stereocenters. The summed E-state index contributed by atoms with van der Waals surface area (Å²) in [6.45, 7) is 0.847. The van der Waals surface area contributed by atoms with Gasteiger partial charge in [-0.3, -0.25) is 0 Å². The van der Waals surface area contributed by atoms with Gasteiger partial charge in [0.25, 0.3) is 0 Å². The minimum atomic E-state index is 0.800. The van der Waals surface area contributed by atoms with Gasteiger partial charge in [-0.1, -0.05) is 12.1 Å². The van der Waals surface area contributed by atoms with E-state index in [0.717, 1.165) is 28.9 Å². The molecule has 4 heteroatoms. The summed E-state index contributed by atoms with van der Waals surface area (Å²) in [5, 5.41) is 3.29. The lowest BCUT2D eigenvalue weighted by Gasteiger charge is -2.07. The van der Waals surface area contributed by atoms with Gasteiger partial charge in [0.05, 0.1) is 4.47 Å². The number of pyridine rings is 1. The average molecular weight is 292 g/mol. The number of benzene rings is 1. The lowest BCUT2D eigenvalue weighted by Crippen LogP contribution is -2.06. The molecular formula is C13H14BrN3. The van der Waals surface area contributed by atoms with Crippen LogP contribution < -0.4 is 11.1 Å². The predicted molar refractivity (Wildman–Crippen MR) is 75.0 cm³/mol. The van der Waals surface area contributed by atoms with Gasteiger partial charge in [-0.15, -0.1) is 0 Å². The van der Waals surface area contributed by atoms with Crippen LogP contribution in [0.15, 0.2) is 47.1 Å². The third-order valence-corrected chi connectivity index (χ3v) is 3.08. The molecule has 0 fully saturated rings. The number of anilines is 2. The molecule has 0 unspecified atom stereocenters. The zero-order valence-electron chi connectivity index (χ0n) is 9.36. The van der Waals surface area contributed by atoms with Crippen molar-refractivity contribution in [2.24, 2.45) is 0 Å². The van der Waals surface area contributed by atoms with E-state index < -0.39 is 0 Å². The van der Waals surface area contributed by atoms with Gasteiger partial charge in [0, 0.05) is 18.4 Å². The highest BCUT2D eigenvalue weighted by atomic mass is 79.9. The van der Waals surface area contributed by atoms with Crippen molar-refractivity contribution in [2.75, 3.05) is 17.6 Å². The Labute approximate surface area is 109 Å². The summed E-state index contributed by atoms with van der Waals surface area (Å²) in [5.74, 6) is 0.878. The third kappa shape index (κ3) is 3.46. The molecule has 1 aromatic heterocycles. The monoisotopic (exact) mass is 291 g/mol. The Morgan fingerprint density at radius 2 is 1.94 bits per heavy atom. The quantitative estimate of drug-likeness (QED) is 0.851. The van der Waals surface area contributed by atoms with Gasteiger partial charge in [0.15, 0.2) is 0 Å². The summed E-state index contributed by atoms with van der Waals surface area (Å²) in [4.78, 5) is 4.25. The Hall–Kier alpha value is -1.55. The Morgan fingerprint density at radius 3 is 2.65 bits per heavy atom. The number of hydrogen-bond donors (Lipinski definition) is 2. The molecular weight excluding hydrogens is 278 g/mol. The second-order valence-electron chi connectivity index (χ2n) is 3.75. The van der Waals surface area contributed by atoms with E-state index in [1.54, 1.807) is 6.20 Å². The topological polar surface area (TPSA) is 50.9 Å². The second kappa shape index (κ2) is 5.68. The molecule has 0 bridgehead atoms. The number of nitrogens with zero attached hydrogens (tertiary/aromatic N) is 1. The van der Waals surface area contributed by atoms with Gasteiger partial charge in [0.2, 0.25) is 0 Å². The van der Waals surface area contributed by atoms with Crippen LogP contribution in [0, 0.1) is 0 Å². The Bertz CT molecular complexity index is 482. The summed E-state index contributed by atoms with van der Waals surface area (Å²) in [6, 6.07) is 11.8. The summed E-state index contributed by atoms with van der Waals surface area (Å²) < 4.78 is 0.984. The van der Waals surface area contributed by atoms with Crippen molar-refractivity contribution in [3.63, 3.8) is 0 Å². The van der Waals surface area contributed by atoms with Crippen molar-refractivity contribution < 1.29 is 0 Å². The van der Waals surface area contributed by atoms with Crippen molar-refractivity contribution in [3.05, 3.63) is 52.6 Å². The van der Waals surface area contributed by atoms with E-state index in [2.05, 4.69) is 26.2 Å². The molecule has 3 nitrogen and oxygen atoms in total. The number of halogens is 1.